The summed E-state index contributed by atoms with van der Waals surface area (Å²) < 4.78 is 37.0. The molecule has 0 aliphatic heterocycles. The van der Waals surface area contributed by atoms with Gasteiger partial charge in [-0.2, -0.15) is 13.2 Å². The minimum Gasteiger partial charge on any atom is -0.330 e. The van der Waals surface area contributed by atoms with Crippen molar-refractivity contribution in [3.05, 3.63) is 33.1 Å². The molecule has 0 N–H and O–H groups in total. The Morgan fingerprint density at radius 3 is 2.60 bits per heavy atom. The number of nitrogens with zero attached hydrogens (tertiary/aromatic N) is 3. The van der Waals surface area contributed by atoms with Crippen LogP contribution < -0.4 is 0 Å². The molecule has 0 spiro atoms. The molecule has 1 heterocycles. The molecule has 0 saturated carbocycles. The molecule has 1 aromatic heterocycles. The van der Waals surface area contributed by atoms with Gasteiger partial charge >= 0.3 is 11.9 Å². The Morgan fingerprint density at radius 2 is 2.15 bits per heavy atom. The second kappa shape index (κ2) is 6.04. The number of nitro groups is 1. The van der Waals surface area contributed by atoms with E-state index >= 15 is 0 Å². The van der Waals surface area contributed by atoms with Crippen LogP contribution in [0, 0.1) is 10.1 Å². The SMILES string of the molecule is CCN(CC(F)(F)F)C(=O)c1ccnc(Cl)c1[N+](=O)[O-]. The van der Waals surface area contributed by atoms with E-state index in [2.05, 4.69) is 4.98 Å². The van der Waals surface area contributed by atoms with Crippen LogP contribution in [-0.2, 0) is 0 Å². The first-order valence-corrected chi connectivity index (χ1v) is 5.70. The summed E-state index contributed by atoms with van der Waals surface area (Å²) in [7, 11) is 0. The average molecular weight is 312 g/mol. The summed E-state index contributed by atoms with van der Waals surface area (Å²) >= 11 is 5.50. The molecule has 20 heavy (non-hydrogen) atoms. The molecule has 6 nitrogen and oxygen atoms in total. The molecule has 0 radical (unpaired) electrons. The Hall–Kier alpha value is -1.90. The van der Waals surface area contributed by atoms with Crippen LogP contribution in [0.2, 0.25) is 5.15 Å². The normalized spacial score (nSPS) is 11.2. The molecule has 1 rings (SSSR count). The van der Waals surface area contributed by atoms with Gasteiger partial charge in [-0.25, -0.2) is 4.98 Å². The van der Waals surface area contributed by atoms with E-state index in [-0.39, 0.29) is 6.54 Å². The van der Waals surface area contributed by atoms with E-state index in [1.54, 1.807) is 0 Å². The lowest BCUT2D eigenvalue weighted by atomic mass is 10.2. The third kappa shape index (κ3) is 3.80. The highest BCUT2D eigenvalue weighted by molar-refractivity contribution is 6.32. The van der Waals surface area contributed by atoms with Gasteiger partial charge < -0.3 is 4.90 Å². The minimum atomic E-state index is -4.60. The van der Waals surface area contributed by atoms with Gasteiger partial charge in [0.2, 0.25) is 5.15 Å². The molecule has 0 unspecified atom stereocenters. The highest BCUT2D eigenvalue weighted by Crippen LogP contribution is 2.28. The summed E-state index contributed by atoms with van der Waals surface area (Å²) in [6.07, 6.45) is -3.58. The van der Waals surface area contributed by atoms with Crippen LogP contribution in [0.1, 0.15) is 17.3 Å². The van der Waals surface area contributed by atoms with E-state index in [9.17, 15) is 28.1 Å². The van der Waals surface area contributed by atoms with E-state index in [4.69, 9.17) is 11.6 Å². The number of amides is 1. The number of pyridine rings is 1. The average Bonchev–Trinajstić information content (AvgIpc) is 2.33. The predicted octanol–water partition coefficient (Wildman–Crippen LogP) is 2.67. The quantitative estimate of drug-likeness (QED) is 0.486. The lowest BCUT2D eigenvalue weighted by Crippen LogP contribution is -2.39. The maximum atomic E-state index is 12.3. The fourth-order valence-electron chi connectivity index (χ4n) is 1.49. The molecule has 0 bridgehead atoms. The van der Waals surface area contributed by atoms with Crippen molar-refractivity contribution in [1.82, 2.24) is 9.88 Å². The third-order valence-corrected chi connectivity index (χ3v) is 2.61. The van der Waals surface area contributed by atoms with Crippen LogP contribution >= 0.6 is 11.6 Å². The molecule has 1 aromatic rings. The number of halogens is 4. The Labute approximate surface area is 116 Å². The zero-order valence-electron chi connectivity index (χ0n) is 10.1. The maximum Gasteiger partial charge on any atom is 0.406 e. The van der Waals surface area contributed by atoms with Crippen molar-refractivity contribution in [3.63, 3.8) is 0 Å². The lowest BCUT2D eigenvalue weighted by Gasteiger charge is -2.22. The Balaban J connectivity index is 3.20. The van der Waals surface area contributed by atoms with Crippen LogP contribution in [0.3, 0.4) is 0 Å². The number of rotatable bonds is 4. The lowest BCUT2D eigenvalue weighted by molar-refractivity contribution is -0.385. The zero-order valence-corrected chi connectivity index (χ0v) is 10.9. The van der Waals surface area contributed by atoms with Crippen molar-refractivity contribution >= 4 is 23.2 Å². The molecule has 0 aliphatic carbocycles. The monoisotopic (exact) mass is 311 g/mol. The van der Waals surface area contributed by atoms with Crippen molar-refractivity contribution in [2.75, 3.05) is 13.1 Å². The van der Waals surface area contributed by atoms with Gasteiger partial charge in [0.1, 0.15) is 12.1 Å². The van der Waals surface area contributed by atoms with Crippen molar-refractivity contribution in [1.29, 1.82) is 0 Å². The molecular weight excluding hydrogens is 303 g/mol. The summed E-state index contributed by atoms with van der Waals surface area (Å²) in [6, 6.07) is 0.964. The van der Waals surface area contributed by atoms with Gasteiger partial charge in [-0.3, -0.25) is 14.9 Å². The molecule has 0 saturated heterocycles. The summed E-state index contributed by atoms with van der Waals surface area (Å²) in [5.41, 5.74) is -1.33. The van der Waals surface area contributed by atoms with Gasteiger partial charge in [0, 0.05) is 12.7 Å². The van der Waals surface area contributed by atoms with Crippen molar-refractivity contribution in [2.24, 2.45) is 0 Å². The van der Waals surface area contributed by atoms with Gasteiger partial charge in [0.15, 0.2) is 0 Å². The molecule has 110 valence electrons. The first-order valence-electron chi connectivity index (χ1n) is 5.32. The molecule has 0 aliphatic rings. The van der Waals surface area contributed by atoms with Crippen LogP contribution in [0.5, 0.6) is 0 Å². The van der Waals surface area contributed by atoms with Gasteiger partial charge in [0.25, 0.3) is 5.91 Å². The summed E-state index contributed by atoms with van der Waals surface area (Å²) in [5, 5.41) is 10.3. The molecule has 0 fully saturated rings. The summed E-state index contributed by atoms with van der Waals surface area (Å²) in [6.45, 7) is -0.423. The molecule has 0 atom stereocenters. The highest BCUT2D eigenvalue weighted by atomic mass is 35.5. The van der Waals surface area contributed by atoms with Gasteiger partial charge in [0.05, 0.1) is 4.92 Å². The van der Waals surface area contributed by atoms with Crippen LogP contribution in [0.4, 0.5) is 18.9 Å². The van der Waals surface area contributed by atoms with Crippen molar-refractivity contribution in [3.8, 4) is 0 Å². The number of aromatic nitrogens is 1. The number of hydrogen-bond acceptors (Lipinski definition) is 4. The third-order valence-electron chi connectivity index (χ3n) is 2.33. The minimum absolute atomic E-state index is 0.255. The van der Waals surface area contributed by atoms with E-state index < -0.39 is 40.0 Å². The van der Waals surface area contributed by atoms with Crippen LogP contribution in [-0.4, -0.2) is 40.0 Å². The number of carbonyl (C=O) groups is 1. The van der Waals surface area contributed by atoms with Crippen LogP contribution in [0.15, 0.2) is 12.3 Å². The second-order valence-corrected chi connectivity index (χ2v) is 4.05. The van der Waals surface area contributed by atoms with E-state index in [1.807, 2.05) is 0 Å². The van der Waals surface area contributed by atoms with Crippen molar-refractivity contribution < 1.29 is 22.9 Å². The maximum absolute atomic E-state index is 12.3. The van der Waals surface area contributed by atoms with E-state index in [0.29, 0.717) is 4.90 Å². The summed E-state index contributed by atoms with van der Waals surface area (Å²) in [4.78, 5) is 25.7. The van der Waals surface area contributed by atoms with Gasteiger partial charge in [-0.05, 0) is 13.0 Å². The number of alkyl halides is 3. The molecule has 10 heteroatoms. The first kappa shape index (κ1) is 16.2. The molecule has 1 amide bonds. The standard InChI is InChI=1S/C10H9ClF3N3O3/c1-2-16(5-10(12,13)14)9(18)6-3-4-15-8(11)7(6)17(19)20/h3-4H,2,5H2,1H3. The molecule has 0 aromatic carbocycles. The Bertz CT molecular complexity index is 536. The number of hydrogen-bond donors (Lipinski definition) is 0. The Morgan fingerprint density at radius 1 is 1.55 bits per heavy atom. The summed E-state index contributed by atoms with van der Waals surface area (Å²) in [5.74, 6) is -1.12. The fraction of sp³-hybridized carbons (Fsp3) is 0.400. The first-order chi connectivity index (χ1) is 9.17. The Kier molecular flexibility index (Phi) is 4.88. The predicted molar refractivity (Wildman–Crippen MR) is 63.5 cm³/mol. The number of carbonyl (C=O) groups excluding carboxylic acids is 1. The van der Waals surface area contributed by atoms with Crippen LogP contribution in [0.25, 0.3) is 0 Å². The fourth-order valence-corrected chi connectivity index (χ4v) is 1.72. The zero-order chi connectivity index (χ0) is 15.5. The molecular formula is C10H9ClF3N3O3. The van der Waals surface area contributed by atoms with Gasteiger partial charge in [-0.1, -0.05) is 11.6 Å². The van der Waals surface area contributed by atoms with E-state index in [0.717, 1.165) is 12.3 Å². The largest absolute Gasteiger partial charge is 0.406 e. The highest BCUT2D eigenvalue weighted by Gasteiger charge is 2.35. The van der Waals surface area contributed by atoms with Gasteiger partial charge in [-0.15, -0.1) is 0 Å². The topological polar surface area (TPSA) is 76.3 Å². The second-order valence-electron chi connectivity index (χ2n) is 3.69. The van der Waals surface area contributed by atoms with Crippen molar-refractivity contribution in [2.45, 2.75) is 13.1 Å². The smallest absolute Gasteiger partial charge is 0.330 e. The van der Waals surface area contributed by atoms with E-state index in [1.165, 1.54) is 6.92 Å².